The minimum Gasteiger partial charge on any atom is -0.374 e. The number of nitrogens with zero attached hydrogens (tertiary/aromatic N) is 1. The Labute approximate surface area is 201 Å². The van der Waals surface area contributed by atoms with Crippen LogP contribution in [0.5, 0.6) is 0 Å². The van der Waals surface area contributed by atoms with Crippen molar-refractivity contribution in [1.29, 1.82) is 0 Å². The summed E-state index contributed by atoms with van der Waals surface area (Å²) < 4.78 is 57.2. The van der Waals surface area contributed by atoms with Crippen LogP contribution in [0.2, 0.25) is 10.0 Å². The Morgan fingerprint density at radius 1 is 1.21 bits per heavy atom. The minimum absolute atomic E-state index is 0.0319. The molecule has 0 aromatic heterocycles. The van der Waals surface area contributed by atoms with Gasteiger partial charge in [-0.2, -0.15) is 24.9 Å². The molecule has 0 aliphatic carbocycles. The maximum Gasteiger partial charge on any atom is 0.435 e. The molecule has 2 aromatic rings. The van der Waals surface area contributed by atoms with Gasteiger partial charge in [0, 0.05) is 39.6 Å². The van der Waals surface area contributed by atoms with Crippen LogP contribution in [-0.2, 0) is 15.2 Å². The summed E-state index contributed by atoms with van der Waals surface area (Å²) in [5.74, 6) is 0.760. The summed E-state index contributed by atoms with van der Waals surface area (Å²) >= 11 is 13.5. The van der Waals surface area contributed by atoms with E-state index in [1.165, 1.54) is 24.3 Å². The van der Waals surface area contributed by atoms with Crippen LogP contribution in [-0.4, -0.2) is 35.3 Å². The molecule has 0 radical (unpaired) electrons. The second-order valence-corrected chi connectivity index (χ2v) is 9.91. The van der Waals surface area contributed by atoms with Crippen LogP contribution >= 0.6 is 35.0 Å². The number of oxime groups is 1. The lowest BCUT2D eigenvalue weighted by Crippen LogP contribution is -2.45. The molecular formula is C22H18Cl2F4N2O2S. The third-order valence-electron chi connectivity index (χ3n) is 5.61. The molecule has 4 rings (SSSR count). The number of halogens is 6. The van der Waals surface area contributed by atoms with E-state index in [2.05, 4.69) is 10.5 Å². The number of alkyl halides is 4. The summed E-state index contributed by atoms with van der Waals surface area (Å²) in [6, 6.07) is 7.87. The molecule has 4 nitrogen and oxygen atoms in total. The average molecular weight is 521 g/mol. The van der Waals surface area contributed by atoms with Crippen molar-refractivity contribution in [1.82, 2.24) is 5.32 Å². The van der Waals surface area contributed by atoms with Crippen molar-refractivity contribution in [3.05, 3.63) is 68.7 Å². The summed E-state index contributed by atoms with van der Waals surface area (Å²) in [6.45, 7) is 1.59. The maximum absolute atomic E-state index is 14.7. The average Bonchev–Trinajstić information content (AvgIpc) is 3.16. The first kappa shape index (κ1) is 24.2. The minimum atomic E-state index is -4.82. The first-order chi connectivity index (χ1) is 15.5. The fraction of sp³-hybridized carbons (Fsp3) is 0.364. The highest BCUT2D eigenvalue weighted by Crippen LogP contribution is 2.49. The molecule has 2 aliphatic heterocycles. The first-order valence-electron chi connectivity index (χ1n) is 9.91. The summed E-state index contributed by atoms with van der Waals surface area (Å²) in [6.07, 6.45) is -7.32. The number of benzene rings is 2. The van der Waals surface area contributed by atoms with Crippen molar-refractivity contribution < 1.29 is 27.2 Å². The van der Waals surface area contributed by atoms with E-state index in [0.717, 1.165) is 23.6 Å². The smallest absolute Gasteiger partial charge is 0.374 e. The highest BCUT2D eigenvalue weighted by molar-refractivity contribution is 8.00. The Hall–Kier alpha value is -1.97. The molecule has 0 saturated carbocycles. The van der Waals surface area contributed by atoms with Crippen molar-refractivity contribution in [3.63, 3.8) is 0 Å². The number of thioether (sulfide) groups is 1. The quantitative estimate of drug-likeness (QED) is 0.482. The lowest BCUT2D eigenvalue weighted by Gasteiger charge is -2.29. The number of nitrogens with one attached hydrogen (secondary N) is 1. The lowest BCUT2D eigenvalue weighted by molar-refractivity contribution is -0.275. The number of rotatable bonds is 5. The highest BCUT2D eigenvalue weighted by Gasteiger charge is 2.62. The summed E-state index contributed by atoms with van der Waals surface area (Å²) in [5, 5.41) is 6.41. The Kier molecular flexibility index (Phi) is 6.59. The number of hydrogen-bond acceptors (Lipinski definition) is 4. The second kappa shape index (κ2) is 9.00. The Balaban J connectivity index is 1.58. The zero-order chi connectivity index (χ0) is 24.0. The van der Waals surface area contributed by atoms with Gasteiger partial charge in [0.15, 0.2) is 0 Å². The van der Waals surface area contributed by atoms with Crippen molar-refractivity contribution >= 4 is 46.6 Å². The summed E-state index contributed by atoms with van der Waals surface area (Å²) in [5.41, 5.74) is -2.10. The number of hydrogen-bond donors (Lipinski definition) is 1. The third-order valence-corrected chi connectivity index (χ3v) is 7.32. The van der Waals surface area contributed by atoms with Crippen LogP contribution in [0.4, 0.5) is 17.6 Å². The Bertz CT molecular complexity index is 1100. The molecule has 33 heavy (non-hydrogen) atoms. The molecule has 2 aromatic carbocycles. The molecule has 11 heteroatoms. The summed E-state index contributed by atoms with van der Waals surface area (Å²) in [4.78, 5) is 17.2. The normalized spacial score (nSPS) is 21.7. The zero-order valence-corrected chi connectivity index (χ0v) is 19.5. The lowest BCUT2D eigenvalue weighted by atomic mass is 9.86. The second-order valence-electron chi connectivity index (χ2n) is 7.97. The van der Waals surface area contributed by atoms with Gasteiger partial charge >= 0.3 is 6.18 Å². The number of aryl methyl sites for hydroxylation is 1. The molecule has 2 aliphatic rings. The third kappa shape index (κ3) is 4.68. The SMILES string of the molecule is Cc1cc(C2=NOC(c3cc(Cl)cc(Cl)c3)(C(F)(F)F)C2)ccc1C(F)C(=O)NC1CSC1. The Morgan fingerprint density at radius 3 is 2.42 bits per heavy atom. The summed E-state index contributed by atoms with van der Waals surface area (Å²) in [7, 11) is 0. The van der Waals surface area contributed by atoms with E-state index in [9.17, 15) is 22.4 Å². The van der Waals surface area contributed by atoms with Crippen LogP contribution in [0.15, 0.2) is 41.6 Å². The molecule has 1 amide bonds. The van der Waals surface area contributed by atoms with E-state index in [0.29, 0.717) is 11.1 Å². The molecule has 2 heterocycles. The number of carbonyl (C=O) groups excluding carboxylic acids is 1. The first-order valence-corrected chi connectivity index (χ1v) is 11.8. The largest absolute Gasteiger partial charge is 0.435 e. The van der Waals surface area contributed by atoms with E-state index in [1.54, 1.807) is 18.7 Å². The van der Waals surface area contributed by atoms with E-state index in [-0.39, 0.29) is 32.9 Å². The van der Waals surface area contributed by atoms with Crippen LogP contribution in [0, 0.1) is 6.92 Å². The molecule has 0 bridgehead atoms. The maximum atomic E-state index is 14.7. The van der Waals surface area contributed by atoms with Gasteiger partial charge in [-0.25, -0.2) is 4.39 Å². The topological polar surface area (TPSA) is 50.7 Å². The molecule has 0 spiro atoms. The van der Waals surface area contributed by atoms with Gasteiger partial charge in [0.2, 0.25) is 6.17 Å². The van der Waals surface area contributed by atoms with Crippen LogP contribution in [0.3, 0.4) is 0 Å². The monoisotopic (exact) mass is 520 g/mol. The molecule has 2 unspecified atom stereocenters. The van der Waals surface area contributed by atoms with Gasteiger partial charge in [0.05, 0.1) is 5.71 Å². The molecule has 2 atom stereocenters. The van der Waals surface area contributed by atoms with Gasteiger partial charge < -0.3 is 10.2 Å². The predicted molar refractivity (Wildman–Crippen MR) is 121 cm³/mol. The van der Waals surface area contributed by atoms with Crippen LogP contribution in [0.1, 0.15) is 34.8 Å². The van der Waals surface area contributed by atoms with E-state index in [1.807, 2.05) is 0 Å². The fourth-order valence-corrected chi connectivity index (χ4v) is 4.88. The highest BCUT2D eigenvalue weighted by atomic mass is 35.5. The fourth-order valence-electron chi connectivity index (χ4n) is 3.72. The van der Waals surface area contributed by atoms with Crippen LogP contribution in [0.25, 0.3) is 0 Å². The Morgan fingerprint density at radius 2 is 1.88 bits per heavy atom. The van der Waals surface area contributed by atoms with E-state index < -0.39 is 30.3 Å². The van der Waals surface area contributed by atoms with Crippen LogP contribution < -0.4 is 5.32 Å². The molecule has 1 fully saturated rings. The van der Waals surface area contributed by atoms with Crippen molar-refractivity contribution in [2.24, 2.45) is 5.16 Å². The molecule has 1 saturated heterocycles. The van der Waals surface area contributed by atoms with Gasteiger partial charge in [0.1, 0.15) is 0 Å². The number of amides is 1. The molecular weight excluding hydrogens is 503 g/mol. The van der Waals surface area contributed by atoms with Gasteiger partial charge in [-0.05, 0) is 47.9 Å². The molecule has 1 N–H and O–H groups in total. The van der Waals surface area contributed by atoms with Crippen molar-refractivity contribution in [3.8, 4) is 0 Å². The van der Waals surface area contributed by atoms with Gasteiger partial charge in [-0.3, -0.25) is 4.79 Å². The van der Waals surface area contributed by atoms with E-state index in [4.69, 9.17) is 28.0 Å². The molecule has 176 valence electrons. The van der Waals surface area contributed by atoms with Crippen molar-refractivity contribution in [2.75, 3.05) is 11.5 Å². The van der Waals surface area contributed by atoms with Crippen molar-refractivity contribution in [2.45, 2.75) is 37.3 Å². The van der Waals surface area contributed by atoms with Gasteiger partial charge in [-0.1, -0.05) is 40.5 Å². The van der Waals surface area contributed by atoms with Gasteiger partial charge in [0.25, 0.3) is 11.5 Å². The van der Waals surface area contributed by atoms with E-state index >= 15 is 0 Å². The zero-order valence-electron chi connectivity index (χ0n) is 17.2. The predicted octanol–water partition coefficient (Wildman–Crippen LogP) is 6.13. The standard InChI is InChI=1S/C22H18Cl2F4N2O2S/c1-11-4-12(2-3-17(11)19(25)20(31)29-16-9-33-10-16)18-8-21(32-30-18,22(26,27)28)13-5-14(23)7-15(24)6-13/h2-7,16,19H,8-10H2,1H3,(H,29,31). The number of carbonyl (C=O) groups is 1. The van der Waals surface area contributed by atoms with Gasteiger partial charge in [-0.15, -0.1) is 0 Å².